The van der Waals surface area contributed by atoms with E-state index in [1.165, 1.54) is 11.3 Å². The number of aromatic nitrogens is 2. The van der Waals surface area contributed by atoms with Gasteiger partial charge in [-0.25, -0.2) is 9.78 Å². The average Bonchev–Trinajstić information content (AvgIpc) is 3.19. The molecule has 2 aromatic heterocycles. The quantitative estimate of drug-likeness (QED) is 0.581. The van der Waals surface area contributed by atoms with Gasteiger partial charge in [0.15, 0.2) is 5.13 Å². The van der Waals surface area contributed by atoms with Crippen LogP contribution in [0.1, 0.15) is 37.8 Å². The Hall–Kier alpha value is -3.40. The number of amides is 3. The number of hydrogen-bond acceptors (Lipinski definition) is 7. The van der Waals surface area contributed by atoms with E-state index in [4.69, 9.17) is 4.74 Å². The number of nitrogens with one attached hydrogen (secondary N) is 3. The third-order valence-corrected chi connectivity index (χ3v) is 6.72. The normalized spacial score (nSPS) is 17.4. The van der Waals surface area contributed by atoms with Crippen LogP contribution in [0.4, 0.5) is 15.6 Å². The van der Waals surface area contributed by atoms with Gasteiger partial charge in [-0.1, -0.05) is 24.3 Å². The molecule has 0 aromatic carbocycles. The Bertz CT molecular complexity index is 1140. The second-order valence-electron chi connectivity index (χ2n) is 8.72. The van der Waals surface area contributed by atoms with Crippen LogP contribution in [-0.4, -0.2) is 41.6 Å². The molecule has 34 heavy (non-hydrogen) atoms. The van der Waals surface area contributed by atoms with Crippen LogP contribution >= 0.6 is 11.3 Å². The zero-order valence-electron chi connectivity index (χ0n) is 19.8. The molecule has 3 amide bonds. The Morgan fingerprint density at radius 2 is 2.09 bits per heavy atom. The van der Waals surface area contributed by atoms with Crippen LogP contribution in [0.5, 0.6) is 5.75 Å². The van der Waals surface area contributed by atoms with Crippen molar-refractivity contribution in [2.45, 2.75) is 46.2 Å². The minimum atomic E-state index is -0.413. The molecule has 4 rings (SSSR count). The van der Waals surface area contributed by atoms with Gasteiger partial charge in [0, 0.05) is 35.5 Å². The van der Waals surface area contributed by atoms with E-state index in [1.807, 2.05) is 39.1 Å². The minimum Gasteiger partial charge on any atom is -0.495 e. The maximum absolute atomic E-state index is 12.8. The summed E-state index contributed by atoms with van der Waals surface area (Å²) in [5.41, 5.74) is 3.09. The van der Waals surface area contributed by atoms with Crippen molar-refractivity contribution in [3.8, 4) is 5.75 Å². The summed E-state index contributed by atoms with van der Waals surface area (Å²) in [7, 11) is 1.63. The first-order chi connectivity index (χ1) is 16.3. The lowest BCUT2D eigenvalue weighted by Gasteiger charge is -2.27. The maximum Gasteiger partial charge on any atom is 0.325 e. The first kappa shape index (κ1) is 23.7. The number of rotatable bonds is 6. The first-order valence-electron chi connectivity index (χ1n) is 11.4. The van der Waals surface area contributed by atoms with E-state index in [0.717, 1.165) is 35.6 Å². The van der Waals surface area contributed by atoms with E-state index in [-0.39, 0.29) is 17.9 Å². The van der Waals surface area contributed by atoms with Crippen LogP contribution in [-0.2, 0) is 17.8 Å². The third kappa shape index (κ3) is 5.39. The van der Waals surface area contributed by atoms with E-state index >= 15 is 0 Å². The number of hydrogen-bond donors (Lipinski definition) is 3. The molecule has 2 aliphatic rings. The van der Waals surface area contributed by atoms with Crippen LogP contribution in [0.3, 0.4) is 0 Å². The van der Waals surface area contributed by atoms with Gasteiger partial charge in [0.05, 0.1) is 43.1 Å². The summed E-state index contributed by atoms with van der Waals surface area (Å²) in [6, 6.07) is 1.57. The van der Waals surface area contributed by atoms with Crippen LogP contribution in [0.2, 0.25) is 0 Å². The van der Waals surface area contributed by atoms with Gasteiger partial charge < -0.3 is 20.3 Å². The fourth-order valence-corrected chi connectivity index (χ4v) is 5.09. The fraction of sp³-hybridized carbons (Fsp3) is 0.417. The summed E-state index contributed by atoms with van der Waals surface area (Å²) in [4.78, 5) is 37.6. The standard InChI is InChI=1S/C24H30N6O3S/c1-14(2)26-22(31)21-15(3)6-5-7-19(21)27-23(32)29-24-28-18-8-9-30(13-20(18)34-24)16-10-17(33-4)12-25-11-16/h5,7,10-12,14-15H,6,8-9,13H2,1-4H3,(H,26,31)(H2,27,28,29,32). The van der Waals surface area contributed by atoms with E-state index in [1.54, 1.807) is 19.4 Å². The molecule has 1 atom stereocenters. The Labute approximate surface area is 203 Å². The van der Waals surface area contributed by atoms with Crippen LogP contribution in [0.25, 0.3) is 0 Å². The first-order valence-corrected chi connectivity index (χ1v) is 12.2. The molecule has 0 fully saturated rings. The van der Waals surface area contributed by atoms with Crippen molar-refractivity contribution in [1.29, 1.82) is 0 Å². The molecule has 1 aliphatic carbocycles. The van der Waals surface area contributed by atoms with Gasteiger partial charge in [0.1, 0.15) is 5.75 Å². The smallest absolute Gasteiger partial charge is 0.325 e. The molecule has 0 saturated carbocycles. The summed E-state index contributed by atoms with van der Waals surface area (Å²) in [5, 5.41) is 9.15. The highest BCUT2D eigenvalue weighted by atomic mass is 32.1. The summed E-state index contributed by atoms with van der Waals surface area (Å²) < 4.78 is 5.29. The molecule has 0 saturated heterocycles. The summed E-state index contributed by atoms with van der Waals surface area (Å²) in [6.07, 6.45) is 8.80. The highest BCUT2D eigenvalue weighted by Gasteiger charge is 2.25. The summed E-state index contributed by atoms with van der Waals surface area (Å²) in [5.74, 6) is 0.579. The summed E-state index contributed by atoms with van der Waals surface area (Å²) in [6.45, 7) is 7.31. The van der Waals surface area contributed by atoms with Crippen molar-refractivity contribution in [3.63, 3.8) is 0 Å². The van der Waals surface area contributed by atoms with Crippen molar-refractivity contribution in [2.24, 2.45) is 5.92 Å². The van der Waals surface area contributed by atoms with Gasteiger partial charge in [-0.15, -0.1) is 0 Å². The number of thiazole rings is 1. The number of nitrogens with zero attached hydrogens (tertiary/aromatic N) is 3. The van der Waals surface area contributed by atoms with Crippen molar-refractivity contribution < 1.29 is 14.3 Å². The number of allylic oxidation sites excluding steroid dienone is 2. The van der Waals surface area contributed by atoms with E-state index in [0.29, 0.717) is 28.7 Å². The minimum absolute atomic E-state index is 0.0159. The largest absolute Gasteiger partial charge is 0.495 e. The Kier molecular flexibility index (Phi) is 7.16. The average molecular weight is 483 g/mol. The molecule has 0 spiro atoms. The lowest BCUT2D eigenvalue weighted by molar-refractivity contribution is -0.118. The zero-order chi connectivity index (χ0) is 24.2. The number of anilines is 2. The second kappa shape index (κ2) is 10.3. The number of carbonyl (C=O) groups is 2. The van der Waals surface area contributed by atoms with Crippen molar-refractivity contribution in [3.05, 3.63) is 52.5 Å². The van der Waals surface area contributed by atoms with Crippen molar-refractivity contribution in [1.82, 2.24) is 20.6 Å². The Morgan fingerprint density at radius 3 is 2.85 bits per heavy atom. The van der Waals surface area contributed by atoms with E-state index in [2.05, 4.69) is 30.8 Å². The molecule has 3 heterocycles. The third-order valence-electron chi connectivity index (χ3n) is 5.72. The molecule has 0 radical (unpaired) electrons. The molecular weight excluding hydrogens is 452 g/mol. The van der Waals surface area contributed by atoms with Crippen LogP contribution in [0, 0.1) is 5.92 Å². The molecule has 9 nitrogen and oxygen atoms in total. The molecular formula is C24H30N6O3S. The topological polar surface area (TPSA) is 108 Å². The second-order valence-corrected chi connectivity index (χ2v) is 9.80. The number of ether oxygens (including phenoxy) is 1. The van der Waals surface area contributed by atoms with Gasteiger partial charge in [-0.05, 0) is 32.3 Å². The predicted octanol–water partition coefficient (Wildman–Crippen LogP) is 3.61. The number of urea groups is 1. The number of carbonyl (C=O) groups excluding carboxylic acids is 2. The molecule has 3 N–H and O–H groups in total. The predicted molar refractivity (Wildman–Crippen MR) is 133 cm³/mol. The van der Waals surface area contributed by atoms with E-state index < -0.39 is 6.03 Å². The molecule has 10 heteroatoms. The van der Waals surface area contributed by atoms with Crippen molar-refractivity contribution in [2.75, 3.05) is 23.9 Å². The van der Waals surface area contributed by atoms with Gasteiger partial charge >= 0.3 is 6.03 Å². The zero-order valence-corrected chi connectivity index (χ0v) is 20.7. The lowest BCUT2D eigenvalue weighted by Crippen LogP contribution is -2.37. The van der Waals surface area contributed by atoms with Crippen molar-refractivity contribution >= 4 is 34.1 Å². The van der Waals surface area contributed by atoms with Crippen LogP contribution < -0.4 is 25.6 Å². The Morgan fingerprint density at radius 1 is 1.26 bits per heavy atom. The SMILES string of the molecule is COc1cncc(N2CCc3nc(NC(=O)NC4=C(C(=O)NC(C)C)C(C)CC=C4)sc3C2)c1. The highest BCUT2D eigenvalue weighted by Crippen LogP contribution is 2.32. The van der Waals surface area contributed by atoms with Gasteiger partial charge in [0.2, 0.25) is 5.91 Å². The molecule has 2 aromatic rings. The fourth-order valence-electron chi connectivity index (χ4n) is 4.07. The monoisotopic (exact) mass is 482 g/mol. The Balaban J connectivity index is 1.44. The van der Waals surface area contributed by atoms with Gasteiger partial charge in [-0.2, -0.15) is 0 Å². The molecule has 1 unspecified atom stereocenters. The number of methoxy groups -OCH3 is 1. The highest BCUT2D eigenvalue weighted by molar-refractivity contribution is 7.15. The van der Waals surface area contributed by atoms with Gasteiger partial charge in [0.25, 0.3) is 0 Å². The lowest BCUT2D eigenvalue weighted by atomic mass is 9.90. The maximum atomic E-state index is 12.8. The summed E-state index contributed by atoms with van der Waals surface area (Å²) >= 11 is 1.46. The van der Waals surface area contributed by atoms with E-state index in [9.17, 15) is 9.59 Å². The molecule has 0 bridgehead atoms. The molecule has 1 aliphatic heterocycles. The van der Waals surface area contributed by atoms with Gasteiger partial charge in [-0.3, -0.25) is 15.1 Å². The number of fused-ring (bicyclic) bond motifs is 1. The van der Waals surface area contributed by atoms with Crippen LogP contribution in [0.15, 0.2) is 41.9 Å². The number of pyridine rings is 1. The molecule has 180 valence electrons.